The highest BCUT2D eigenvalue weighted by molar-refractivity contribution is 5.77. The minimum absolute atomic E-state index is 0.0893. The molecule has 2 rings (SSSR count). The molecule has 0 saturated carbocycles. The fourth-order valence-corrected chi connectivity index (χ4v) is 3.36. The maximum atomic E-state index is 12.6. The van der Waals surface area contributed by atoms with Crippen LogP contribution in [0.25, 0.3) is 0 Å². The molecule has 0 spiro atoms. The summed E-state index contributed by atoms with van der Waals surface area (Å²) in [6.45, 7) is 9.31. The van der Waals surface area contributed by atoms with Crippen LogP contribution in [0.15, 0.2) is 10.5 Å². The highest BCUT2D eigenvalue weighted by Crippen LogP contribution is 2.36. The number of aryl methyl sites for hydroxylation is 2. The Hall–Kier alpha value is -1.33. The summed E-state index contributed by atoms with van der Waals surface area (Å²) in [5.74, 6) is 1.84. The smallest absolute Gasteiger partial charge is 0.313 e. The van der Waals surface area contributed by atoms with Crippen molar-refractivity contribution in [2.75, 3.05) is 33.4 Å². The highest BCUT2D eigenvalue weighted by atomic mass is 16.5. The molecule has 0 amide bonds. The molecule has 0 N–H and O–H groups in total. The van der Waals surface area contributed by atoms with E-state index in [1.54, 1.807) is 7.11 Å². The number of furan rings is 1. The van der Waals surface area contributed by atoms with Gasteiger partial charge < -0.3 is 13.9 Å². The standard InChI is InChI=1S/C18H29NO4/c1-5-22-17(20)18(8-10-21-4)7-6-9-19(13-18)12-16-11-14(2)15(3)23-16/h11H,5-10,12-13H2,1-4H3/t18-/m0/s1. The zero-order chi connectivity index (χ0) is 16.9. The van der Waals surface area contributed by atoms with E-state index in [0.717, 1.165) is 37.5 Å². The van der Waals surface area contributed by atoms with E-state index in [4.69, 9.17) is 13.9 Å². The summed E-state index contributed by atoms with van der Waals surface area (Å²) in [7, 11) is 1.67. The van der Waals surface area contributed by atoms with Crippen molar-refractivity contribution in [2.45, 2.75) is 46.6 Å². The van der Waals surface area contributed by atoms with Crippen LogP contribution in [-0.4, -0.2) is 44.3 Å². The lowest BCUT2D eigenvalue weighted by molar-refractivity contribution is -0.161. The second-order valence-corrected chi connectivity index (χ2v) is 6.51. The molecule has 1 aromatic rings. The third kappa shape index (κ3) is 4.36. The molecule has 130 valence electrons. The Morgan fingerprint density at radius 3 is 2.83 bits per heavy atom. The summed E-state index contributed by atoms with van der Waals surface area (Å²) in [6, 6.07) is 2.09. The van der Waals surface area contributed by atoms with Crippen LogP contribution in [0.5, 0.6) is 0 Å². The molecule has 0 unspecified atom stereocenters. The third-order valence-electron chi connectivity index (χ3n) is 4.75. The van der Waals surface area contributed by atoms with Crippen LogP contribution < -0.4 is 0 Å². The van der Waals surface area contributed by atoms with Gasteiger partial charge in [-0.05, 0) is 58.2 Å². The Morgan fingerprint density at radius 1 is 1.43 bits per heavy atom. The van der Waals surface area contributed by atoms with Gasteiger partial charge in [-0.15, -0.1) is 0 Å². The van der Waals surface area contributed by atoms with Crippen molar-refractivity contribution in [1.29, 1.82) is 0 Å². The van der Waals surface area contributed by atoms with Crippen LogP contribution in [0, 0.1) is 19.3 Å². The molecule has 5 nitrogen and oxygen atoms in total. The number of carbonyl (C=O) groups excluding carboxylic acids is 1. The number of esters is 1. The fourth-order valence-electron chi connectivity index (χ4n) is 3.36. The summed E-state index contributed by atoms with van der Waals surface area (Å²) < 4.78 is 16.4. The molecule has 1 atom stereocenters. The SMILES string of the molecule is CCOC(=O)[C@]1(CCOC)CCCN(Cc2cc(C)c(C)o2)C1. The molecule has 1 fully saturated rings. The van der Waals surface area contributed by atoms with Gasteiger partial charge in [0.25, 0.3) is 0 Å². The lowest BCUT2D eigenvalue weighted by Crippen LogP contribution is -2.48. The van der Waals surface area contributed by atoms with Crippen molar-refractivity contribution in [2.24, 2.45) is 5.41 Å². The molecule has 0 radical (unpaired) electrons. The van der Waals surface area contributed by atoms with E-state index in [0.29, 0.717) is 26.2 Å². The second kappa shape index (κ2) is 7.97. The van der Waals surface area contributed by atoms with Gasteiger partial charge in [0.05, 0.1) is 18.6 Å². The summed E-state index contributed by atoms with van der Waals surface area (Å²) in [6.07, 6.45) is 2.55. The Balaban J connectivity index is 2.09. The number of carbonyl (C=O) groups is 1. The Labute approximate surface area is 138 Å². The van der Waals surface area contributed by atoms with Gasteiger partial charge in [-0.2, -0.15) is 0 Å². The zero-order valence-corrected chi connectivity index (χ0v) is 14.8. The quantitative estimate of drug-likeness (QED) is 0.722. The van der Waals surface area contributed by atoms with Crippen LogP contribution in [0.3, 0.4) is 0 Å². The van der Waals surface area contributed by atoms with Gasteiger partial charge in [0.15, 0.2) is 0 Å². The number of hydrogen-bond donors (Lipinski definition) is 0. The topological polar surface area (TPSA) is 51.9 Å². The number of rotatable bonds is 7. The van der Waals surface area contributed by atoms with Gasteiger partial charge in [0.2, 0.25) is 0 Å². The van der Waals surface area contributed by atoms with Crippen molar-refractivity contribution in [3.63, 3.8) is 0 Å². The number of piperidine rings is 1. The first kappa shape index (κ1) is 18.0. The summed E-state index contributed by atoms with van der Waals surface area (Å²) in [4.78, 5) is 14.9. The van der Waals surface area contributed by atoms with E-state index in [9.17, 15) is 4.79 Å². The highest BCUT2D eigenvalue weighted by Gasteiger charge is 2.43. The van der Waals surface area contributed by atoms with Crippen LogP contribution in [0.2, 0.25) is 0 Å². The minimum atomic E-state index is -0.457. The van der Waals surface area contributed by atoms with Crippen molar-refractivity contribution >= 4 is 5.97 Å². The second-order valence-electron chi connectivity index (χ2n) is 6.51. The maximum absolute atomic E-state index is 12.6. The average Bonchev–Trinajstić information content (AvgIpc) is 2.83. The van der Waals surface area contributed by atoms with Crippen molar-refractivity contribution in [3.05, 3.63) is 23.2 Å². The minimum Gasteiger partial charge on any atom is -0.466 e. The Kier molecular flexibility index (Phi) is 6.25. The van der Waals surface area contributed by atoms with Gasteiger partial charge in [-0.3, -0.25) is 9.69 Å². The molecule has 23 heavy (non-hydrogen) atoms. The van der Waals surface area contributed by atoms with Crippen LogP contribution in [0.1, 0.15) is 43.3 Å². The first-order chi connectivity index (χ1) is 11.0. The van der Waals surface area contributed by atoms with Crippen molar-refractivity contribution in [3.8, 4) is 0 Å². The first-order valence-electron chi connectivity index (χ1n) is 8.45. The van der Waals surface area contributed by atoms with Gasteiger partial charge in [0.1, 0.15) is 11.5 Å². The molecule has 0 aromatic carbocycles. The predicted octanol–water partition coefficient (Wildman–Crippen LogP) is 3.08. The Bertz CT molecular complexity index is 506. The van der Waals surface area contributed by atoms with E-state index in [1.807, 2.05) is 13.8 Å². The number of hydrogen-bond acceptors (Lipinski definition) is 5. The molecule has 0 bridgehead atoms. The third-order valence-corrected chi connectivity index (χ3v) is 4.75. The van der Waals surface area contributed by atoms with Crippen molar-refractivity contribution < 1.29 is 18.7 Å². The van der Waals surface area contributed by atoms with Crippen LogP contribution in [-0.2, 0) is 20.8 Å². The molecule has 1 aliphatic rings. The van der Waals surface area contributed by atoms with E-state index >= 15 is 0 Å². The average molecular weight is 323 g/mol. The van der Waals surface area contributed by atoms with Crippen LogP contribution >= 0.6 is 0 Å². The molecular weight excluding hydrogens is 294 g/mol. The molecule has 1 aliphatic heterocycles. The van der Waals surface area contributed by atoms with E-state index < -0.39 is 5.41 Å². The summed E-state index contributed by atoms with van der Waals surface area (Å²) >= 11 is 0. The van der Waals surface area contributed by atoms with Gasteiger partial charge in [-0.25, -0.2) is 0 Å². The lowest BCUT2D eigenvalue weighted by atomic mass is 9.77. The van der Waals surface area contributed by atoms with E-state index in [1.165, 1.54) is 5.56 Å². The molecule has 1 saturated heterocycles. The monoisotopic (exact) mass is 323 g/mol. The number of ether oxygens (including phenoxy) is 2. The largest absolute Gasteiger partial charge is 0.466 e. The summed E-state index contributed by atoms with van der Waals surface area (Å²) in [5.41, 5.74) is 0.717. The fraction of sp³-hybridized carbons (Fsp3) is 0.722. The number of nitrogens with zero attached hydrogens (tertiary/aromatic N) is 1. The lowest BCUT2D eigenvalue weighted by Gasteiger charge is -2.40. The van der Waals surface area contributed by atoms with Crippen LogP contribution in [0.4, 0.5) is 0 Å². The maximum Gasteiger partial charge on any atom is 0.313 e. The van der Waals surface area contributed by atoms with Gasteiger partial charge >= 0.3 is 5.97 Å². The molecular formula is C18H29NO4. The van der Waals surface area contributed by atoms with Gasteiger partial charge in [-0.1, -0.05) is 0 Å². The molecule has 0 aliphatic carbocycles. The number of likely N-dealkylation sites (tertiary alicyclic amines) is 1. The summed E-state index contributed by atoms with van der Waals surface area (Å²) in [5, 5.41) is 0. The molecule has 1 aromatic heterocycles. The molecule has 2 heterocycles. The van der Waals surface area contributed by atoms with E-state index in [-0.39, 0.29) is 5.97 Å². The normalized spacial score (nSPS) is 22.3. The number of methoxy groups -OCH3 is 1. The molecule has 5 heteroatoms. The Morgan fingerprint density at radius 2 is 2.22 bits per heavy atom. The zero-order valence-electron chi connectivity index (χ0n) is 14.8. The predicted molar refractivity (Wildman–Crippen MR) is 88.3 cm³/mol. The van der Waals surface area contributed by atoms with Crippen molar-refractivity contribution in [1.82, 2.24) is 4.90 Å². The van der Waals surface area contributed by atoms with Gasteiger partial charge in [0, 0.05) is 20.3 Å². The van der Waals surface area contributed by atoms with E-state index in [2.05, 4.69) is 17.9 Å². The first-order valence-corrected chi connectivity index (χ1v) is 8.45.